The lowest BCUT2D eigenvalue weighted by molar-refractivity contribution is 0.0467. The first-order valence-corrected chi connectivity index (χ1v) is 8.44. The molecule has 25 heavy (non-hydrogen) atoms. The minimum atomic E-state index is -0.865. The van der Waals surface area contributed by atoms with Gasteiger partial charge in [-0.1, -0.05) is 30.3 Å². The predicted molar refractivity (Wildman–Crippen MR) is 96.6 cm³/mol. The summed E-state index contributed by atoms with van der Waals surface area (Å²) in [5.74, 6) is -1.29. The number of aromatic hydroxyl groups is 1. The third-order valence-electron chi connectivity index (χ3n) is 3.77. The van der Waals surface area contributed by atoms with Crippen LogP contribution in [-0.4, -0.2) is 20.6 Å². The third-order valence-corrected chi connectivity index (χ3v) is 4.21. The molecule has 6 nitrogen and oxygen atoms in total. The lowest BCUT2D eigenvalue weighted by Gasteiger charge is -2.12. The summed E-state index contributed by atoms with van der Waals surface area (Å²) in [6, 6.07) is 10.7. The molecule has 0 amide bonds. The highest BCUT2D eigenvalue weighted by molar-refractivity contribution is 9.10. The highest BCUT2D eigenvalue weighted by Crippen LogP contribution is 2.28. The van der Waals surface area contributed by atoms with E-state index in [1.165, 1.54) is 10.8 Å². The van der Waals surface area contributed by atoms with E-state index in [0.29, 0.717) is 22.1 Å². The second kappa shape index (κ2) is 7.06. The largest absolute Gasteiger partial charge is 0.506 e. The van der Waals surface area contributed by atoms with Crippen molar-refractivity contribution in [2.75, 3.05) is 0 Å². The summed E-state index contributed by atoms with van der Waals surface area (Å²) in [6.45, 7) is 2.09. The lowest BCUT2D eigenvalue weighted by atomic mass is 10.1. The monoisotopic (exact) mass is 402 g/mol. The molecule has 3 rings (SSSR count). The normalized spacial score (nSPS) is 10.8. The highest BCUT2D eigenvalue weighted by atomic mass is 79.9. The van der Waals surface area contributed by atoms with E-state index in [0.717, 1.165) is 5.56 Å². The van der Waals surface area contributed by atoms with E-state index in [1.54, 1.807) is 25.1 Å². The van der Waals surface area contributed by atoms with Crippen LogP contribution in [0.4, 0.5) is 0 Å². The fourth-order valence-corrected chi connectivity index (χ4v) is 2.89. The SMILES string of the molecule is CCn1c(=O)c(C(=O)OCc2ccccc2)c(O)c2cc(Br)cnc21. The molecule has 0 aliphatic carbocycles. The maximum atomic E-state index is 12.6. The molecule has 2 aromatic heterocycles. The molecule has 0 fully saturated rings. The van der Waals surface area contributed by atoms with Gasteiger partial charge in [-0.25, -0.2) is 9.78 Å². The van der Waals surface area contributed by atoms with E-state index in [-0.39, 0.29) is 12.2 Å². The third kappa shape index (κ3) is 3.28. The molecule has 0 bridgehead atoms. The number of ether oxygens (including phenoxy) is 1. The van der Waals surface area contributed by atoms with Crippen molar-refractivity contribution in [2.24, 2.45) is 0 Å². The number of hydrogen-bond donors (Lipinski definition) is 1. The molecule has 128 valence electrons. The molecule has 0 saturated carbocycles. The summed E-state index contributed by atoms with van der Waals surface area (Å²) in [4.78, 5) is 29.2. The molecular weight excluding hydrogens is 388 g/mol. The van der Waals surface area contributed by atoms with Crippen molar-refractivity contribution >= 4 is 32.9 Å². The van der Waals surface area contributed by atoms with Gasteiger partial charge in [-0.15, -0.1) is 0 Å². The average Bonchev–Trinajstić information content (AvgIpc) is 2.62. The van der Waals surface area contributed by atoms with Crippen molar-refractivity contribution in [3.63, 3.8) is 0 Å². The smallest absolute Gasteiger partial charge is 0.347 e. The Bertz CT molecular complexity index is 999. The van der Waals surface area contributed by atoms with Gasteiger partial charge in [-0.05, 0) is 34.5 Å². The fraction of sp³-hybridized carbons (Fsp3) is 0.167. The van der Waals surface area contributed by atoms with Gasteiger partial charge < -0.3 is 9.84 Å². The number of hydrogen-bond acceptors (Lipinski definition) is 5. The maximum absolute atomic E-state index is 12.6. The summed E-state index contributed by atoms with van der Waals surface area (Å²) >= 11 is 3.28. The van der Waals surface area contributed by atoms with E-state index in [9.17, 15) is 14.7 Å². The van der Waals surface area contributed by atoms with Crippen LogP contribution in [0, 0.1) is 0 Å². The van der Waals surface area contributed by atoms with Crippen molar-refractivity contribution in [1.82, 2.24) is 9.55 Å². The minimum Gasteiger partial charge on any atom is -0.506 e. The molecule has 0 spiro atoms. The zero-order valence-corrected chi connectivity index (χ0v) is 15.0. The molecule has 7 heteroatoms. The van der Waals surface area contributed by atoms with Crippen LogP contribution in [0.15, 0.2) is 51.9 Å². The van der Waals surface area contributed by atoms with Crippen LogP contribution < -0.4 is 5.56 Å². The summed E-state index contributed by atoms with van der Waals surface area (Å²) < 4.78 is 7.17. The quantitative estimate of drug-likeness (QED) is 0.677. The summed E-state index contributed by atoms with van der Waals surface area (Å²) in [5, 5.41) is 10.8. The number of rotatable bonds is 4. The Morgan fingerprint density at radius 3 is 2.72 bits per heavy atom. The van der Waals surface area contributed by atoms with Crippen LogP contribution in [-0.2, 0) is 17.9 Å². The van der Waals surface area contributed by atoms with Gasteiger partial charge in [0.1, 0.15) is 18.0 Å². The first kappa shape index (κ1) is 17.2. The number of halogens is 1. The van der Waals surface area contributed by atoms with Gasteiger partial charge >= 0.3 is 5.97 Å². The predicted octanol–water partition coefficient (Wildman–Crippen LogP) is 3.24. The Kier molecular flexibility index (Phi) is 4.85. The first-order chi connectivity index (χ1) is 12.0. The standard InChI is InChI=1S/C18H15BrN2O4/c1-2-21-16-13(8-12(19)9-20-16)15(22)14(17(21)23)18(24)25-10-11-6-4-3-5-7-11/h3-9,22H,2,10H2,1H3. The van der Waals surface area contributed by atoms with Crippen LogP contribution in [0.2, 0.25) is 0 Å². The van der Waals surface area contributed by atoms with Gasteiger partial charge in [0.25, 0.3) is 5.56 Å². The van der Waals surface area contributed by atoms with Crippen LogP contribution in [0.1, 0.15) is 22.8 Å². The molecule has 0 radical (unpaired) electrons. The van der Waals surface area contributed by atoms with Gasteiger partial charge in [-0.2, -0.15) is 0 Å². The van der Waals surface area contributed by atoms with E-state index < -0.39 is 17.3 Å². The number of carbonyl (C=O) groups is 1. The number of aryl methyl sites for hydroxylation is 1. The van der Waals surface area contributed by atoms with E-state index >= 15 is 0 Å². The van der Waals surface area contributed by atoms with E-state index in [4.69, 9.17) is 4.74 Å². The number of fused-ring (bicyclic) bond motifs is 1. The lowest BCUT2D eigenvalue weighted by Crippen LogP contribution is -2.28. The van der Waals surface area contributed by atoms with E-state index in [1.807, 2.05) is 18.2 Å². The zero-order valence-electron chi connectivity index (χ0n) is 13.4. The number of esters is 1. The van der Waals surface area contributed by atoms with Crippen LogP contribution in [0.25, 0.3) is 11.0 Å². The molecule has 0 atom stereocenters. The Hall–Kier alpha value is -2.67. The topological polar surface area (TPSA) is 81.4 Å². The van der Waals surface area contributed by atoms with Crippen LogP contribution in [0.5, 0.6) is 5.75 Å². The number of aromatic nitrogens is 2. The Labute approximate surface area is 151 Å². The first-order valence-electron chi connectivity index (χ1n) is 7.65. The Morgan fingerprint density at radius 2 is 2.04 bits per heavy atom. The molecular formula is C18H15BrN2O4. The zero-order chi connectivity index (χ0) is 18.0. The molecule has 1 aromatic carbocycles. The second-order valence-corrected chi connectivity index (χ2v) is 6.28. The second-order valence-electron chi connectivity index (χ2n) is 5.36. The molecule has 0 aliphatic rings. The molecule has 0 unspecified atom stereocenters. The molecule has 1 N–H and O–H groups in total. The molecule has 2 heterocycles. The Balaban J connectivity index is 2.06. The Morgan fingerprint density at radius 1 is 1.32 bits per heavy atom. The van der Waals surface area contributed by atoms with E-state index in [2.05, 4.69) is 20.9 Å². The summed E-state index contributed by atoms with van der Waals surface area (Å²) in [5.41, 5.74) is 0.0923. The fourth-order valence-electron chi connectivity index (χ4n) is 2.56. The number of nitrogens with zero attached hydrogens (tertiary/aromatic N) is 2. The van der Waals surface area contributed by atoms with Gasteiger partial charge in [0.2, 0.25) is 0 Å². The van der Waals surface area contributed by atoms with Crippen molar-refractivity contribution in [1.29, 1.82) is 0 Å². The van der Waals surface area contributed by atoms with Crippen LogP contribution >= 0.6 is 15.9 Å². The minimum absolute atomic E-state index is 0.0133. The molecule has 3 aromatic rings. The molecule has 0 aliphatic heterocycles. The summed E-state index contributed by atoms with van der Waals surface area (Å²) in [6.07, 6.45) is 1.53. The summed E-state index contributed by atoms with van der Waals surface area (Å²) in [7, 11) is 0. The number of benzene rings is 1. The average molecular weight is 403 g/mol. The van der Waals surface area contributed by atoms with Crippen molar-refractivity contribution in [2.45, 2.75) is 20.1 Å². The van der Waals surface area contributed by atoms with Crippen molar-refractivity contribution in [3.05, 3.63) is 68.5 Å². The van der Waals surface area contributed by atoms with Crippen molar-refractivity contribution in [3.8, 4) is 5.75 Å². The van der Waals surface area contributed by atoms with Crippen molar-refractivity contribution < 1.29 is 14.6 Å². The number of carbonyl (C=O) groups excluding carboxylic acids is 1. The number of pyridine rings is 2. The van der Waals surface area contributed by atoms with Crippen LogP contribution in [0.3, 0.4) is 0 Å². The molecule has 0 saturated heterocycles. The highest BCUT2D eigenvalue weighted by Gasteiger charge is 2.24. The van der Waals surface area contributed by atoms with Gasteiger partial charge in [-0.3, -0.25) is 9.36 Å². The van der Waals surface area contributed by atoms with Gasteiger partial charge in [0.15, 0.2) is 5.56 Å². The maximum Gasteiger partial charge on any atom is 0.347 e. The van der Waals surface area contributed by atoms with Gasteiger partial charge in [0.05, 0.1) is 5.39 Å². The van der Waals surface area contributed by atoms with Gasteiger partial charge in [0, 0.05) is 17.2 Å².